The predicted molar refractivity (Wildman–Crippen MR) is 152 cm³/mol. The Morgan fingerprint density at radius 2 is 1.13 bits per heavy atom. The van der Waals surface area contributed by atoms with Crippen molar-refractivity contribution in [3.05, 3.63) is 95.4 Å². The summed E-state index contributed by atoms with van der Waals surface area (Å²) in [4.78, 5) is 24.7. The van der Waals surface area contributed by atoms with Gasteiger partial charge in [-0.15, -0.1) is 0 Å². The highest BCUT2D eigenvalue weighted by atomic mass is 32.1. The van der Waals surface area contributed by atoms with E-state index in [-0.39, 0.29) is 5.78 Å². The first-order valence-corrected chi connectivity index (χ1v) is 13.4. The lowest BCUT2D eigenvalue weighted by Crippen LogP contribution is -2.07. The third-order valence-electron chi connectivity index (χ3n) is 6.44. The van der Waals surface area contributed by atoms with Crippen molar-refractivity contribution in [2.45, 2.75) is 13.8 Å². The average molecular weight is 539 g/mol. The van der Waals surface area contributed by atoms with Crippen LogP contribution in [-0.4, -0.2) is 15.8 Å². The lowest BCUT2D eigenvalue weighted by atomic mass is 9.90. The van der Waals surface area contributed by atoms with Crippen molar-refractivity contribution < 1.29 is 13.6 Å². The molecule has 0 saturated heterocycles. The molecule has 0 atom stereocenters. The van der Waals surface area contributed by atoms with Gasteiger partial charge in [0, 0.05) is 11.1 Å². The molecule has 188 valence electrons. The molecule has 6 rings (SSSR count). The predicted octanol–water partition coefficient (Wildman–Crippen LogP) is 7.47. The number of thiazole rings is 2. The van der Waals surface area contributed by atoms with E-state index in [0.29, 0.717) is 44.3 Å². The van der Waals surface area contributed by atoms with E-state index in [0.717, 1.165) is 32.0 Å². The Hall–Kier alpha value is -4.47. The van der Waals surface area contributed by atoms with Gasteiger partial charge in [-0.1, -0.05) is 59.1 Å². The van der Waals surface area contributed by atoms with Crippen molar-refractivity contribution >= 4 is 38.7 Å². The van der Waals surface area contributed by atoms with E-state index in [1.54, 1.807) is 12.5 Å². The number of benzene rings is 2. The van der Waals surface area contributed by atoms with Gasteiger partial charge in [0.15, 0.2) is 27.6 Å². The second-order valence-electron chi connectivity index (χ2n) is 8.70. The number of aromatic nitrogens is 2. The van der Waals surface area contributed by atoms with Gasteiger partial charge in [-0.3, -0.25) is 4.79 Å². The number of nitrogen functional groups attached to an aromatic ring is 2. The molecular formula is C29H22N4O3S2. The molecule has 0 saturated carbocycles. The van der Waals surface area contributed by atoms with E-state index in [2.05, 4.69) is 9.97 Å². The minimum atomic E-state index is -0.0715. The number of rotatable bonds is 6. The lowest BCUT2D eigenvalue weighted by molar-refractivity contribution is 0.103. The number of hydrogen-bond donors (Lipinski definition) is 2. The molecule has 7 nitrogen and oxygen atoms in total. The zero-order valence-corrected chi connectivity index (χ0v) is 22.2. The van der Waals surface area contributed by atoms with E-state index in [4.69, 9.17) is 20.3 Å². The number of nitrogens with zero attached hydrogens (tertiary/aromatic N) is 2. The van der Waals surface area contributed by atoms with Crippen LogP contribution in [0.2, 0.25) is 0 Å². The van der Waals surface area contributed by atoms with Gasteiger partial charge in [0.2, 0.25) is 0 Å². The van der Waals surface area contributed by atoms with Crippen LogP contribution in [0.25, 0.3) is 43.8 Å². The smallest absolute Gasteiger partial charge is 0.193 e. The van der Waals surface area contributed by atoms with Gasteiger partial charge in [0.05, 0.1) is 22.3 Å². The molecule has 0 bridgehead atoms. The molecular weight excluding hydrogens is 516 g/mol. The van der Waals surface area contributed by atoms with Gasteiger partial charge in [-0.05, 0) is 60.4 Å². The van der Waals surface area contributed by atoms with Crippen molar-refractivity contribution in [1.29, 1.82) is 0 Å². The first kappa shape index (κ1) is 23.9. The van der Waals surface area contributed by atoms with Crippen molar-refractivity contribution in [3.63, 3.8) is 0 Å². The maximum atomic E-state index is 14.0. The molecule has 0 radical (unpaired) electrons. The van der Waals surface area contributed by atoms with E-state index in [1.807, 2.05) is 74.5 Å². The Morgan fingerprint density at radius 1 is 0.684 bits per heavy atom. The van der Waals surface area contributed by atoms with Gasteiger partial charge in [0.1, 0.15) is 11.4 Å². The lowest BCUT2D eigenvalue weighted by Gasteiger charge is -2.14. The summed E-state index contributed by atoms with van der Waals surface area (Å²) in [6.45, 7) is 3.89. The van der Waals surface area contributed by atoms with E-state index in [9.17, 15) is 4.79 Å². The summed E-state index contributed by atoms with van der Waals surface area (Å²) in [5.74, 6) is 1.19. The number of nitrogens with two attached hydrogens (primary N) is 2. The molecule has 0 aliphatic heterocycles. The molecule has 0 aliphatic carbocycles. The van der Waals surface area contributed by atoms with Gasteiger partial charge < -0.3 is 20.3 Å². The Bertz CT molecular complexity index is 1650. The SMILES string of the molecule is Cc1c(C(=O)c2cccc(-c3sc(N)nc3-c3ccco3)c2C)cccc1-c1sc(N)nc1-c1ccco1. The monoisotopic (exact) mass is 538 g/mol. The molecule has 4 aromatic heterocycles. The molecule has 0 spiro atoms. The Balaban J connectivity index is 1.44. The number of furan rings is 2. The first-order valence-electron chi connectivity index (χ1n) is 11.8. The summed E-state index contributed by atoms with van der Waals surface area (Å²) in [6, 6.07) is 18.7. The standard InChI is InChI=1S/C29H22N4O3S2/c1-15-17(7-3-9-19(15)26-23(32-28(30)37-26)21-11-5-13-35-21)25(34)18-8-4-10-20(16(18)2)27-24(33-29(31)38-27)22-12-6-14-36-22/h3-14H,1-2H3,(H2,30,32)(H2,31,33). The van der Waals surface area contributed by atoms with Gasteiger partial charge >= 0.3 is 0 Å². The molecule has 38 heavy (non-hydrogen) atoms. The van der Waals surface area contributed by atoms with Crippen LogP contribution in [-0.2, 0) is 0 Å². The van der Waals surface area contributed by atoms with E-state index >= 15 is 0 Å². The second kappa shape index (κ2) is 9.44. The zero-order valence-electron chi connectivity index (χ0n) is 20.5. The Morgan fingerprint density at radius 3 is 1.53 bits per heavy atom. The summed E-state index contributed by atoms with van der Waals surface area (Å²) in [5, 5.41) is 0.865. The maximum Gasteiger partial charge on any atom is 0.193 e. The quantitative estimate of drug-likeness (QED) is 0.211. The van der Waals surface area contributed by atoms with Crippen LogP contribution >= 0.6 is 22.7 Å². The van der Waals surface area contributed by atoms with Gasteiger partial charge in [-0.25, -0.2) is 9.97 Å². The zero-order chi connectivity index (χ0) is 26.4. The highest BCUT2D eigenvalue weighted by Crippen LogP contribution is 2.42. The number of carbonyl (C=O) groups is 1. The largest absolute Gasteiger partial charge is 0.463 e. The Kier molecular flexibility index (Phi) is 5.94. The van der Waals surface area contributed by atoms with Crippen LogP contribution in [0.5, 0.6) is 0 Å². The fourth-order valence-corrected chi connectivity index (χ4v) is 6.44. The van der Waals surface area contributed by atoms with Crippen molar-refractivity contribution in [2.24, 2.45) is 0 Å². The molecule has 0 fully saturated rings. The second-order valence-corrected chi connectivity index (χ2v) is 10.8. The molecule has 0 aliphatic rings. The van der Waals surface area contributed by atoms with Crippen LogP contribution in [0.1, 0.15) is 27.0 Å². The topological polar surface area (TPSA) is 121 Å². The van der Waals surface area contributed by atoms with Crippen LogP contribution in [0.3, 0.4) is 0 Å². The van der Waals surface area contributed by atoms with Crippen LogP contribution in [0.4, 0.5) is 10.3 Å². The number of hydrogen-bond acceptors (Lipinski definition) is 9. The first-order chi connectivity index (χ1) is 18.4. The summed E-state index contributed by atoms with van der Waals surface area (Å²) >= 11 is 2.74. The van der Waals surface area contributed by atoms with Crippen molar-refractivity contribution in [2.75, 3.05) is 11.5 Å². The average Bonchev–Trinajstić information content (AvgIpc) is 3.71. The third-order valence-corrected chi connectivity index (χ3v) is 8.28. The van der Waals surface area contributed by atoms with E-state index in [1.165, 1.54) is 22.7 Å². The Labute approximate surface area is 226 Å². The number of carbonyl (C=O) groups excluding carboxylic acids is 1. The summed E-state index contributed by atoms with van der Waals surface area (Å²) in [5.41, 5.74) is 18.2. The van der Waals surface area contributed by atoms with Crippen LogP contribution < -0.4 is 11.5 Å². The number of anilines is 2. The van der Waals surface area contributed by atoms with Gasteiger partial charge in [-0.2, -0.15) is 0 Å². The molecule has 0 amide bonds. The summed E-state index contributed by atoms with van der Waals surface area (Å²) < 4.78 is 11.2. The fraction of sp³-hybridized carbons (Fsp3) is 0.0690. The summed E-state index contributed by atoms with van der Waals surface area (Å²) in [6.07, 6.45) is 3.20. The van der Waals surface area contributed by atoms with Crippen LogP contribution in [0, 0.1) is 13.8 Å². The minimum Gasteiger partial charge on any atom is -0.463 e. The van der Waals surface area contributed by atoms with Crippen molar-refractivity contribution in [1.82, 2.24) is 9.97 Å². The molecule has 4 N–H and O–H groups in total. The minimum absolute atomic E-state index is 0.0715. The molecule has 4 heterocycles. The number of ketones is 1. The van der Waals surface area contributed by atoms with Gasteiger partial charge in [0.25, 0.3) is 0 Å². The normalized spacial score (nSPS) is 11.2. The fourth-order valence-electron chi connectivity index (χ4n) is 4.60. The third kappa shape index (κ3) is 4.02. The highest BCUT2D eigenvalue weighted by Gasteiger charge is 2.24. The highest BCUT2D eigenvalue weighted by molar-refractivity contribution is 7.19. The van der Waals surface area contributed by atoms with Crippen molar-refractivity contribution in [3.8, 4) is 43.8 Å². The molecule has 2 aromatic carbocycles. The maximum absolute atomic E-state index is 14.0. The molecule has 9 heteroatoms. The van der Waals surface area contributed by atoms with E-state index < -0.39 is 0 Å². The summed E-state index contributed by atoms with van der Waals surface area (Å²) in [7, 11) is 0. The molecule has 6 aromatic rings. The molecule has 0 unspecified atom stereocenters. The van der Waals surface area contributed by atoms with Crippen LogP contribution in [0.15, 0.2) is 82.0 Å².